The lowest BCUT2D eigenvalue weighted by Crippen LogP contribution is -2.27. The first-order valence-electron chi connectivity index (χ1n) is 9.73. The summed E-state index contributed by atoms with van der Waals surface area (Å²) in [6.45, 7) is 3.48. The Morgan fingerprint density at radius 2 is 2.03 bits per heavy atom. The van der Waals surface area contributed by atoms with E-state index < -0.39 is 21.1 Å². The summed E-state index contributed by atoms with van der Waals surface area (Å²) < 4.78 is 36.9. The van der Waals surface area contributed by atoms with Crippen molar-refractivity contribution in [3.05, 3.63) is 53.6 Å². The summed E-state index contributed by atoms with van der Waals surface area (Å²) in [5.41, 5.74) is 4.28. The molecular formula is C21H22FN5O3S. The standard InChI is InChI=1S/C21H22FN5O3S/c1-3-12-8-19(28)17(22)9-16(12)13-4-5-15-18(7-13)26-27-20(15)21-24-10-14(25-21)6-11(2)31(23,29)30/h4-5,7-11,28H,3,6H2,1-2H3,(H,24,25)(H,26,27)(H2,23,29,30). The third-order valence-electron chi connectivity index (χ3n) is 5.35. The summed E-state index contributed by atoms with van der Waals surface area (Å²) in [7, 11) is -3.63. The summed E-state index contributed by atoms with van der Waals surface area (Å²) in [5.74, 6) is -0.536. The average molecular weight is 444 g/mol. The Morgan fingerprint density at radius 3 is 2.74 bits per heavy atom. The molecule has 0 aliphatic heterocycles. The number of aromatic nitrogens is 4. The topological polar surface area (TPSA) is 138 Å². The van der Waals surface area contributed by atoms with Crippen molar-refractivity contribution in [3.8, 4) is 28.4 Å². The molecule has 0 bridgehead atoms. The molecule has 4 rings (SSSR count). The number of nitrogens with two attached hydrogens (primary N) is 1. The van der Waals surface area contributed by atoms with Crippen LogP contribution < -0.4 is 5.14 Å². The van der Waals surface area contributed by atoms with Gasteiger partial charge in [0.15, 0.2) is 17.4 Å². The lowest BCUT2D eigenvalue weighted by molar-refractivity contribution is 0.432. The Bertz CT molecular complexity index is 1380. The number of aromatic amines is 2. The first-order valence-corrected chi connectivity index (χ1v) is 11.3. The van der Waals surface area contributed by atoms with Crippen molar-refractivity contribution in [3.63, 3.8) is 0 Å². The van der Waals surface area contributed by atoms with Gasteiger partial charge in [-0.1, -0.05) is 13.0 Å². The first kappa shape index (κ1) is 21.0. The number of nitrogens with zero attached hydrogens (tertiary/aromatic N) is 2. The number of aryl methyl sites for hydroxylation is 1. The van der Waals surface area contributed by atoms with Crippen LogP contribution in [-0.4, -0.2) is 38.9 Å². The molecule has 0 radical (unpaired) electrons. The molecule has 0 fully saturated rings. The van der Waals surface area contributed by atoms with Crippen LogP contribution in [0.25, 0.3) is 33.5 Å². The van der Waals surface area contributed by atoms with Gasteiger partial charge in [-0.2, -0.15) is 5.10 Å². The molecule has 1 atom stereocenters. The van der Waals surface area contributed by atoms with E-state index in [1.165, 1.54) is 19.1 Å². The zero-order valence-electron chi connectivity index (χ0n) is 17.0. The van der Waals surface area contributed by atoms with Crippen LogP contribution >= 0.6 is 0 Å². The van der Waals surface area contributed by atoms with Gasteiger partial charge in [0.05, 0.1) is 10.8 Å². The molecule has 0 spiro atoms. The number of aromatic hydroxyl groups is 1. The molecule has 1 unspecified atom stereocenters. The molecule has 8 nitrogen and oxygen atoms in total. The molecule has 0 amide bonds. The maximum Gasteiger partial charge on any atom is 0.212 e. The predicted octanol–water partition coefficient (Wildman–Crippen LogP) is 3.25. The smallest absolute Gasteiger partial charge is 0.212 e. The maximum atomic E-state index is 14.0. The largest absolute Gasteiger partial charge is 0.505 e. The Hall–Kier alpha value is -3.24. The number of phenolic OH excluding ortho intramolecular Hbond substituents is 1. The van der Waals surface area contributed by atoms with Gasteiger partial charge < -0.3 is 10.1 Å². The van der Waals surface area contributed by atoms with Gasteiger partial charge in [0.2, 0.25) is 10.0 Å². The number of imidazole rings is 1. The van der Waals surface area contributed by atoms with Gasteiger partial charge in [0, 0.05) is 23.7 Å². The summed E-state index contributed by atoms with van der Waals surface area (Å²) in [6, 6.07) is 8.37. The van der Waals surface area contributed by atoms with E-state index in [1.54, 1.807) is 6.20 Å². The van der Waals surface area contributed by atoms with E-state index >= 15 is 0 Å². The lowest BCUT2D eigenvalue weighted by atomic mass is 9.96. The third kappa shape index (κ3) is 4.04. The SMILES string of the molecule is CCc1cc(O)c(F)cc1-c1ccc2c(-c3ncc(CC(C)S(N)(=O)=O)[nH]3)n[nH]c2c1. The molecule has 10 heteroatoms. The predicted molar refractivity (Wildman–Crippen MR) is 116 cm³/mol. The molecule has 2 aromatic carbocycles. The fourth-order valence-electron chi connectivity index (χ4n) is 3.54. The molecule has 5 N–H and O–H groups in total. The first-order chi connectivity index (χ1) is 14.7. The van der Waals surface area contributed by atoms with Gasteiger partial charge in [-0.25, -0.2) is 22.9 Å². The number of rotatable bonds is 6. The second-order valence-corrected chi connectivity index (χ2v) is 9.49. The van der Waals surface area contributed by atoms with Gasteiger partial charge >= 0.3 is 0 Å². The van der Waals surface area contributed by atoms with Gasteiger partial charge in [0.1, 0.15) is 5.69 Å². The number of nitrogens with one attached hydrogen (secondary N) is 2. The van der Waals surface area contributed by atoms with Crippen LogP contribution in [0.2, 0.25) is 0 Å². The zero-order chi connectivity index (χ0) is 22.3. The molecule has 31 heavy (non-hydrogen) atoms. The molecule has 0 saturated carbocycles. The average Bonchev–Trinajstić information content (AvgIpc) is 3.35. The maximum absolute atomic E-state index is 14.0. The van der Waals surface area contributed by atoms with E-state index in [1.807, 2.05) is 25.1 Å². The van der Waals surface area contributed by atoms with E-state index in [9.17, 15) is 17.9 Å². The van der Waals surface area contributed by atoms with E-state index in [0.29, 0.717) is 29.2 Å². The minimum absolute atomic E-state index is 0.213. The number of sulfonamides is 1. The molecule has 4 aromatic rings. The Labute approximate surface area is 178 Å². The van der Waals surface area contributed by atoms with Gasteiger partial charge in [0.25, 0.3) is 0 Å². The fraction of sp³-hybridized carbons (Fsp3) is 0.238. The quantitative estimate of drug-likeness (QED) is 0.362. The van der Waals surface area contributed by atoms with Gasteiger partial charge in [-0.05, 0) is 54.3 Å². The minimum atomic E-state index is -3.63. The number of H-pyrrole nitrogens is 2. The van der Waals surface area contributed by atoms with Crippen molar-refractivity contribution in [2.75, 3.05) is 0 Å². The zero-order valence-corrected chi connectivity index (χ0v) is 17.8. The summed E-state index contributed by atoms with van der Waals surface area (Å²) in [4.78, 5) is 7.42. The number of benzene rings is 2. The van der Waals surface area contributed by atoms with Gasteiger partial charge in [-0.3, -0.25) is 5.10 Å². The number of halogens is 1. The monoisotopic (exact) mass is 443 g/mol. The lowest BCUT2D eigenvalue weighted by Gasteiger charge is -2.10. The highest BCUT2D eigenvalue weighted by atomic mass is 32.2. The number of phenols is 1. The van der Waals surface area contributed by atoms with Crippen molar-refractivity contribution in [1.82, 2.24) is 20.2 Å². The van der Waals surface area contributed by atoms with Crippen molar-refractivity contribution in [2.24, 2.45) is 5.14 Å². The summed E-state index contributed by atoms with van der Waals surface area (Å²) >= 11 is 0. The van der Waals surface area contributed by atoms with E-state index in [2.05, 4.69) is 20.2 Å². The number of fused-ring (bicyclic) bond motifs is 1. The molecule has 0 aliphatic carbocycles. The Kier molecular flexibility index (Phi) is 5.28. The highest BCUT2D eigenvalue weighted by Gasteiger charge is 2.19. The van der Waals surface area contributed by atoms with Crippen LogP contribution in [-0.2, 0) is 22.9 Å². The third-order valence-corrected chi connectivity index (χ3v) is 6.64. The van der Waals surface area contributed by atoms with Crippen LogP contribution in [0, 0.1) is 5.82 Å². The molecule has 0 saturated heterocycles. The van der Waals surface area contributed by atoms with E-state index in [-0.39, 0.29) is 12.2 Å². The van der Waals surface area contributed by atoms with Gasteiger partial charge in [-0.15, -0.1) is 0 Å². The highest BCUT2D eigenvalue weighted by molar-refractivity contribution is 7.89. The van der Waals surface area contributed by atoms with Crippen LogP contribution in [0.1, 0.15) is 25.1 Å². The molecular weight excluding hydrogens is 421 g/mol. The van der Waals surface area contributed by atoms with E-state index in [0.717, 1.165) is 22.0 Å². The summed E-state index contributed by atoms with van der Waals surface area (Å²) in [6.07, 6.45) is 2.42. The highest BCUT2D eigenvalue weighted by Crippen LogP contribution is 2.33. The van der Waals surface area contributed by atoms with Crippen molar-refractivity contribution in [2.45, 2.75) is 31.9 Å². The second kappa shape index (κ2) is 7.78. The minimum Gasteiger partial charge on any atom is -0.505 e. The number of hydrogen-bond donors (Lipinski definition) is 4. The fourth-order valence-corrected chi connectivity index (χ4v) is 3.95. The van der Waals surface area contributed by atoms with E-state index in [4.69, 9.17) is 5.14 Å². The van der Waals surface area contributed by atoms with Crippen LogP contribution in [0.4, 0.5) is 4.39 Å². The van der Waals surface area contributed by atoms with Crippen LogP contribution in [0.5, 0.6) is 5.75 Å². The molecule has 162 valence electrons. The second-order valence-electron chi connectivity index (χ2n) is 7.51. The van der Waals surface area contributed by atoms with Crippen molar-refractivity contribution in [1.29, 1.82) is 0 Å². The Morgan fingerprint density at radius 1 is 1.26 bits per heavy atom. The number of hydrogen-bond acceptors (Lipinski definition) is 5. The summed E-state index contributed by atoms with van der Waals surface area (Å²) in [5, 5.41) is 22.2. The molecule has 2 aromatic heterocycles. The van der Waals surface area contributed by atoms with Crippen molar-refractivity contribution < 1.29 is 17.9 Å². The Balaban J connectivity index is 1.69. The van der Waals surface area contributed by atoms with Crippen LogP contribution in [0.3, 0.4) is 0 Å². The number of primary sulfonamides is 1. The van der Waals surface area contributed by atoms with Crippen LogP contribution in [0.15, 0.2) is 36.5 Å². The normalized spacial score (nSPS) is 13.0. The molecule has 2 heterocycles. The van der Waals surface area contributed by atoms with Crippen molar-refractivity contribution >= 4 is 20.9 Å². The molecule has 0 aliphatic rings.